The van der Waals surface area contributed by atoms with Crippen molar-refractivity contribution in [2.75, 3.05) is 6.61 Å². The second-order valence-corrected chi connectivity index (χ2v) is 3.32. The summed E-state index contributed by atoms with van der Waals surface area (Å²) < 4.78 is 14.7. The Balaban J connectivity index is 2.57. The minimum Gasteiger partial charge on any atom is -0.458 e. The van der Waals surface area contributed by atoms with E-state index in [9.17, 15) is 14.7 Å². The second-order valence-electron chi connectivity index (χ2n) is 3.32. The molecule has 15 heavy (non-hydrogen) atoms. The van der Waals surface area contributed by atoms with Crippen LogP contribution in [0.5, 0.6) is 0 Å². The Morgan fingerprint density at radius 3 is 2.27 bits per heavy atom. The molecular formula is C9H14O6. The molecule has 1 fully saturated rings. The summed E-state index contributed by atoms with van der Waals surface area (Å²) in [6.45, 7) is 2.54. The van der Waals surface area contributed by atoms with Gasteiger partial charge < -0.3 is 19.3 Å². The number of ether oxygens (including phenoxy) is 3. The van der Waals surface area contributed by atoms with E-state index >= 15 is 0 Å². The summed E-state index contributed by atoms with van der Waals surface area (Å²) >= 11 is 0. The molecule has 86 valence electrons. The fraction of sp³-hybridized carbons (Fsp3) is 0.778. The average molecular weight is 218 g/mol. The number of carbonyl (C=O) groups is 2. The summed E-state index contributed by atoms with van der Waals surface area (Å²) in [6.07, 6.45) is -2.16. The first-order chi connectivity index (χ1) is 6.99. The lowest BCUT2D eigenvalue weighted by molar-refractivity contribution is -0.216. The zero-order chi connectivity index (χ0) is 11.4. The van der Waals surface area contributed by atoms with E-state index in [-0.39, 0.29) is 13.0 Å². The van der Waals surface area contributed by atoms with Gasteiger partial charge in [0.2, 0.25) is 0 Å². The molecule has 1 N–H and O–H groups in total. The molecule has 1 rings (SSSR count). The summed E-state index contributed by atoms with van der Waals surface area (Å²) in [5.74, 6) is -0.955. The molecule has 0 bridgehead atoms. The van der Waals surface area contributed by atoms with E-state index in [0.717, 1.165) is 0 Å². The molecule has 1 unspecified atom stereocenters. The van der Waals surface area contributed by atoms with E-state index in [1.165, 1.54) is 13.8 Å². The molecule has 1 aliphatic heterocycles. The number of aliphatic hydroxyl groups excluding tert-OH is 1. The monoisotopic (exact) mass is 218 g/mol. The van der Waals surface area contributed by atoms with Gasteiger partial charge in [-0.2, -0.15) is 0 Å². The zero-order valence-corrected chi connectivity index (χ0v) is 8.63. The summed E-state index contributed by atoms with van der Waals surface area (Å²) in [7, 11) is 0. The first-order valence-corrected chi connectivity index (χ1v) is 4.63. The number of esters is 2. The normalized spacial score (nSPS) is 30.7. The highest BCUT2D eigenvalue weighted by molar-refractivity contribution is 5.67. The molecule has 3 atom stereocenters. The first-order valence-electron chi connectivity index (χ1n) is 4.63. The van der Waals surface area contributed by atoms with Gasteiger partial charge in [-0.25, -0.2) is 0 Å². The van der Waals surface area contributed by atoms with Gasteiger partial charge in [0.05, 0.1) is 6.61 Å². The number of hydrogen-bond donors (Lipinski definition) is 1. The van der Waals surface area contributed by atoms with Gasteiger partial charge >= 0.3 is 11.9 Å². The van der Waals surface area contributed by atoms with Crippen LogP contribution in [-0.2, 0) is 23.8 Å². The van der Waals surface area contributed by atoms with Crippen molar-refractivity contribution in [2.24, 2.45) is 0 Å². The number of carbonyl (C=O) groups excluding carboxylic acids is 2. The first kappa shape index (κ1) is 11.9. The third-order valence-electron chi connectivity index (χ3n) is 1.94. The van der Waals surface area contributed by atoms with Crippen LogP contribution < -0.4 is 0 Å². The van der Waals surface area contributed by atoms with Crippen LogP contribution in [0.2, 0.25) is 0 Å². The predicted octanol–water partition coefficient (Wildman–Crippen LogP) is -0.412. The quantitative estimate of drug-likeness (QED) is 0.634. The standard InChI is InChI=1S/C9H14O6/c1-5(10)14-7-3-9(12)13-4-8(7)15-6(2)11/h7-9,12H,3-4H2,1-2H3/t7-,8-,9?/m1/s1. The van der Waals surface area contributed by atoms with Crippen molar-refractivity contribution in [3.8, 4) is 0 Å². The molecule has 0 aromatic heterocycles. The molecule has 1 heterocycles. The summed E-state index contributed by atoms with van der Waals surface area (Å²) in [5.41, 5.74) is 0. The molecule has 0 spiro atoms. The third kappa shape index (κ3) is 3.85. The number of rotatable bonds is 2. The van der Waals surface area contributed by atoms with Gasteiger partial charge in [-0.15, -0.1) is 0 Å². The lowest BCUT2D eigenvalue weighted by Gasteiger charge is -2.32. The Kier molecular flexibility index (Phi) is 4.05. The van der Waals surface area contributed by atoms with E-state index in [2.05, 4.69) is 0 Å². The SMILES string of the molecule is CC(=O)O[C@@H]1COC(O)C[C@H]1OC(C)=O. The number of hydrogen-bond acceptors (Lipinski definition) is 6. The smallest absolute Gasteiger partial charge is 0.303 e. The Morgan fingerprint density at radius 1 is 1.20 bits per heavy atom. The molecule has 0 radical (unpaired) electrons. The minimum absolute atomic E-state index is 0.0265. The maximum absolute atomic E-state index is 10.8. The lowest BCUT2D eigenvalue weighted by atomic mass is 10.1. The summed E-state index contributed by atoms with van der Waals surface area (Å²) in [5, 5.41) is 9.19. The largest absolute Gasteiger partial charge is 0.458 e. The van der Waals surface area contributed by atoms with Crippen LogP contribution in [0.3, 0.4) is 0 Å². The van der Waals surface area contributed by atoms with Crippen LogP contribution in [0.25, 0.3) is 0 Å². The molecule has 0 saturated carbocycles. The van der Waals surface area contributed by atoms with E-state index in [1.807, 2.05) is 0 Å². The van der Waals surface area contributed by atoms with Gasteiger partial charge in [-0.3, -0.25) is 9.59 Å². The average Bonchev–Trinajstić information content (AvgIpc) is 2.08. The van der Waals surface area contributed by atoms with Gasteiger partial charge in [0.1, 0.15) is 6.10 Å². The van der Waals surface area contributed by atoms with Crippen LogP contribution in [0.15, 0.2) is 0 Å². The van der Waals surface area contributed by atoms with E-state index in [4.69, 9.17) is 14.2 Å². The van der Waals surface area contributed by atoms with Crippen LogP contribution in [0.4, 0.5) is 0 Å². The topological polar surface area (TPSA) is 82.1 Å². The summed E-state index contributed by atoms with van der Waals surface area (Å²) in [6, 6.07) is 0. The van der Waals surface area contributed by atoms with E-state index in [1.54, 1.807) is 0 Å². The van der Waals surface area contributed by atoms with Crippen LogP contribution in [-0.4, -0.2) is 42.1 Å². The maximum Gasteiger partial charge on any atom is 0.303 e. The lowest BCUT2D eigenvalue weighted by Crippen LogP contribution is -2.45. The van der Waals surface area contributed by atoms with Gasteiger partial charge in [0, 0.05) is 20.3 Å². The maximum atomic E-state index is 10.8. The van der Waals surface area contributed by atoms with Crippen molar-refractivity contribution >= 4 is 11.9 Å². The molecule has 0 amide bonds. The summed E-state index contributed by atoms with van der Waals surface area (Å²) in [4.78, 5) is 21.5. The third-order valence-corrected chi connectivity index (χ3v) is 1.94. The van der Waals surface area contributed by atoms with Crippen molar-refractivity contribution in [1.82, 2.24) is 0 Å². The van der Waals surface area contributed by atoms with Crippen molar-refractivity contribution in [3.63, 3.8) is 0 Å². The van der Waals surface area contributed by atoms with Crippen LogP contribution in [0, 0.1) is 0 Å². The van der Waals surface area contributed by atoms with E-state index in [0.29, 0.717) is 0 Å². The minimum atomic E-state index is -0.985. The van der Waals surface area contributed by atoms with Gasteiger partial charge in [-0.1, -0.05) is 0 Å². The Bertz CT molecular complexity index is 251. The molecule has 6 heteroatoms. The molecule has 0 aromatic carbocycles. The Morgan fingerprint density at radius 2 is 1.73 bits per heavy atom. The molecular weight excluding hydrogens is 204 g/mol. The predicted molar refractivity (Wildman–Crippen MR) is 47.7 cm³/mol. The van der Waals surface area contributed by atoms with Crippen molar-refractivity contribution < 1.29 is 28.9 Å². The fourth-order valence-corrected chi connectivity index (χ4v) is 1.39. The zero-order valence-electron chi connectivity index (χ0n) is 8.63. The van der Waals surface area contributed by atoms with Gasteiger partial charge in [0.15, 0.2) is 12.4 Å². The van der Waals surface area contributed by atoms with Crippen molar-refractivity contribution in [1.29, 1.82) is 0 Å². The Hall–Kier alpha value is -1.14. The van der Waals surface area contributed by atoms with Crippen molar-refractivity contribution in [2.45, 2.75) is 38.8 Å². The highest BCUT2D eigenvalue weighted by Gasteiger charge is 2.34. The fourth-order valence-electron chi connectivity index (χ4n) is 1.39. The molecule has 6 nitrogen and oxygen atoms in total. The highest BCUT2D eigenvalue weighted by Crippen LogP contribution is 2.19. The number of aliphatic hydroxyl groups is 1. The molecule has 1 aliphatic rings. The highest BCUT2D eigenvalue weighted by atomic mass is 16.6. The molecule has 0 aliphatic carbocycles. The van der Waals surface area contributed by atoms with Crippen LogP contribution >= 0.6 is 0 Å². The van der Waals surface area contributed by atoms with Crippen LogP contribution in [0.1, 0.15) is 20.3 Å². The Labute approximate surface area is 87.1 Å². The second kappa shape index (κ2) is 5.09. The van der Waals surface area contributed by atoms with Gasteiger partial charge in [0.25, 0.3) is 0 Å². The van der Waals surface area contributed by atoms with E-state index < -0.39 is 30.4 Å². The van der Waals surface area contributed by atoms with Crippen molar-refractivity contribution in [3.05, 3.63) is 0 Å². The molecule has 0 aromatic rings. The molecule has 1 saturated heterocycles. The van der Waals surface area contributed by atoms with Gasteiger partial charge in [-0.05, 0) is 0 Å².